The largest absolute Gasteiger partial charge is 0.457 e. The molecule has 1 aliphatic rings. The number of aromatic nitrogens is 1. The number of nitrogens with zero attached hydrogens (tertiary/aromatic N) is 1. The summed E-state index contributed by atoms with van der Waals surface area (Å²) in [5.74, 6) is 1.73. The number of carbonyl (C=O) groups is 2. The molecule has 4 rings (SSSR count). The number of amides is 2. The highest BCUT2D eigenvalue weighted by molar-refractivity contribution is 6.31. The predicted octanol–water partition coefficient (Wildman–Crippen LogP) is 7.49. The average Bonchev–Trinajstić information content (AvgIpc) is 3.67. The lowest BCUT2D eigenvalue weighted by Crippen LogP contribution is -2.19. The number of ketones is 1. The van der Waals surface area contributed by atoms with Crippen LogP contribution in [0.15, 0.2) is 60.8 Å². The molecule has 0 atom stereocenters. The van der Waals surface area contributed by atoms with Crippen molar-refractivity contribution in [3.05, 3.63) is 77.1 Å². The lowest BCUT2D eigenvalue weighted by molar-refractivity contribution is -0.137. The predicted molar refractivity (Wildman–Crippen MR) is 131 cm³/mol. The van der Waals surface area contributed by atoms with Crippen LogP contribution in [0.25, 0.3) is 0 Å². The van der Waals surface area contributed by atoms with E-state index in [1.807, 2.05) is 6.07 Å². The number of pyridine rings is 1. The molecule has 36 heavy (non-hydrogen) atoms. The second-order valence-corrected chi connectivity index (χ2v) is 8.88. The van der Waals surface area contributed by atoms with Crippen LogP contribution in [0.1, 0.15) is 36.9 Å². The van der Waals surface area contributed by atoms with Crippen LogP contribution in [0.3, 0.4) is 0 Å². The molecule has 1 aromatic heterocycles. The zero-order valence-electron chi connectivity index (χ0n) is 19.1. The number of carbonyl (C=O) groups excluding carboxylic acids is 2. The fourth-order valence-corrected chi connectivity index (χ4v) is 3.79. The maximum absolute atomic E-state index is 13.0. The molecular formula is C26H23ClF3N3O3. The van der Waals surface area contributed by atoms with Crippen molar-refractivity contribution in [3.63, 3.8) is 0 Å². The van der Waals surface area contributed by atoms with E-state index in [1.165, 1.54) is 6.07 Å². The van der Waals surface area contributed by atoms with Crippen molar-refractivity contribution >= 4 is 34.8 Å². The van der Waals surface area contributed by atoms with Crippen molar-refractivity contribution in [1.82, 2.24) is 4.98 Å². The molecule has 0 aliphatic heterocycles. The van der Waals surface area contributed by atoms with E-state index in [4.69, 9.17) is 16.3 Å². The number of Topliss-reactive ketones (excluding diaryl/α,β-unsaturated/α-hetero) is 1. The Labute approximate surface area is 210 Å². The van der Waals surface area contributed by atoms with Gasteiger partial charge in [0.15, 0.2) is 0 Å². The Bertz CT molecular complexity index is 1250. The van der Waals surface area contributed by atoms with Crippen molar-refractivity contribution in [2.45, 2.75) is 38.3 Å². The monoisotopic (exact) mass is 517 g/mol. The Kier molecular flexibility index (Phi) is 7.79. The van der Waals surface area contributed by atoms with Gasteiger partial charge in [0.25, 0.3) is 0 Å². The summed E-state index contributed by atoms with van der Waals surface area (Å²) in [5, 5.41) is 4.46. The molecule has 0 saturated heterocycles. The van der Waals surface area contributed by atoms with Gasteiger partial charge in [0, 0.05) is 41.7 Å². The van der Waals surface area contributed by atoms with E-state index in [0.29, 0.717) is 35.8 Å². The summed E-state index contributed by atoms with van der Waals surface area (Å²) in [6.45, 7) is 0. The summed E-state index contributed by atoms with van der Waals surface area (Å²) in [6, 6.07) is 12.5. The number of nitrogens with one attached hydrogen (secondary N) is 2. The smallest absolute Gasteiger partial charge is 0.417 e. The van der Waals surface area contributed by atoms with E-state index < -0.39 is 22.8 Å². The van der Waals surface area contributed by atoms with Crippen molar-refractivity contribution in [1.29, 1.82) is 0 Å². The topological polar surface area (TPSA) is 80.3 Å². The summed E-state index contributed by atoms with van der Waals surface area (Å²) in [7, 11) is 0. The lowest BCUT2D eigenvalue weighted by atomic mass is 10.1. The van der Waals surface area contributed by atoms with Gasteiger partial charge in [0.2, 0.25) is 0 Å². The van der Waals surface area contributed by atoms with Crippen LogP contribution < -0.4 is 15.4 Å². The van der Waals surface area contributed by atoms with Gasteiger partial charge < -0.3 is 15.4 Å². The lowest BCUT2D eigenvalue weighted by Gasteiger charge is -2.12. The summed E-state index contributed by atoms with van der Waals surface area (Å²) in [6.07, 6.45) is 1.06. The van der Waals surface area contributed by atoms with Crippen LogP contribution in [0.2, 0.25) is 5.02 Å². The Balaban J connectivity index is 1.29. The van der Waals surface area contributed by atoms with E-state index in [1.54, 1.807) is 36.5 Å². The fraction of sp³-hybridized carbons (Fsp3) is 0.269. The molecule has 0 radical (unpaired) electrons. The van der Waals surface area contributed by atoms with Gasteiger partial charge in [-0.2, -0.15) is 13.2 Å². The van der Waals surface area contributed by atoms with Crippen LogP contribution >= 0.6 is 11.6 Å². The standard InChI is InChI=1S/C26H23ClF3N3O3/c27-23-11-8-19(15-22(23)26(28,29)30)33-25(35)32-17-6-9-20(10-7-17)36-21-12-13-31-18(14-21)2-1-3-24(34)16-4-5-16/h6-16H,1-5H2,(H2,32,33,35). The molecule has 0 unspecified atom stereocenters. The molecule has 6 nitrogen and oxygen atoms in total. The number of ether oxygens (including phenoxy) is 1. The maximum Gasteiger partial charge on any atom is 0.417 e. The molecule has 0 spiro atoms. The fourth-order valence-electron chi connectivity index (χ4n) is 3.57. The summed E-state index contributed by atoms with van der Waals surface area (Å²) in [4.78, 5) is 28.4. The normalized spacial score (nSPS) is 13.2. The van der Waals surface area contributed by atoms with Gasteiger partial charge >= 0.3 is 12.2 Å². The Morgan fingerprint density at radius 2 is 1.67 bits per heavy atom. The third-order valence-corrected chi connectivity index (χ3v) is 5.88. The van der Waals surface area contributed by atoms with Gasteiger partial charge in [0.1, 0.15) is 17.3 Å². The van der Waals surface area contributed by atoms with E-state index >= 15 is 0 Å². The number of rotatable bonds is 9. The van der Waals surface area contributed by atoms with Crippen molar-refractivity contribution < 1.29 is 27.5 Å². The maximum atomic E-state index is 13.0. The number of anilines is 2. The quantitative estimate of drug-likeness (QED) is 0.308. The molecule has 1 saturated carbocycles. The second-order valence-electron chi connectivity index (χ2n) is 8.47. The van der Waals surface area contributed by atoms with Crippen LogP contribution in [0.4, 0.5) is 29.3 Å². The van der Waals surface area contributed by atoms with E-state index in [2.05, 4.69) is 15.6 Å². The third kappa shape index (κ3) is 7.21. The highest BCUT2D eigenvalue weighted by Crippen LogP contribution is 2.36. The Hall–Kier alpha value is -3.59. The van der Waals surface area contributed by atoms with Crippen molar-refractivity contribution in [2.75, 3.05) is 10.6 Å². The molecule has 1 aliphatic carbocycles. The number of urea groups is 1. The summed E-state index contributed by atoms with van der Waals surface area (Å²) >= 11 is 5.60. The minimum Gasteiger partial charge on any atom is -0.457 e. The van der Waals surface area contributed by atoms with Crippen LogP contribution in [0, 0.1) is 5.92 Å². The first kappa shape index (κ1) is 25.5. The highest BCUT2D eigenvalue weighted by Gasteiger charge is 2.33. The molecular weight excluding hydrogens is 495 g/mol. The molecule has 2 N–H and O–H groups in total. The SMILES string of the molecule is O=C(Nc1ccc(Oc2ccnc(CCCC(=O)C3CC3)c2)cc1)Nc1ccc(Cl)c(C(F)(F)F)c1. The van der Waals surface area contributed by atoms with Crippen molar-refractivity contribution in [3.8, 4) is 11.5 Å². The van der Waals surface area contributed by atoms with Gasteiger partial charge in [-0.3, -0.25) is 9.78 Å². The molecule has 3 aromatic rings. The number of alkyl halides is 3. The summed E-state index contributed by atoms with van der Waals surface area (Å²) in [5.41, 5.74) is 0.173. The molecule has 2 aromatic carbocycles. The van der Waals surface area contributed by atoms with Crippen LogP contribution in [0.5, 0.6) is 11.5 Å². The number of aryl methyl sites for hydroxylation is 1. The zero-order chi connectivity index (χ0) is 25.7. The van der Waals surface area contributed by atoms with Crippen molar-refractivity contribution in [2.24, 2.45) is 5.92 Å². The first-order chi connectivity index (χ1) is 17.2. The molecule has 1 heterocycles. The number of hydrogen-bond donors (Lipinski definition) is 2. The first-order valence-electron chi connectivity index (χ1n) is 11.4. The zero-order valence-corrected chi connectivity index (χ0v) is 19.8. The highest BCUT2D eigenvalue weighted by atomic mass is 35.5. The van der Waals surface area contributed by atoms with Crippen LogP contribution in [-0.2, 0) is 17.4 Å². The van der Waals surface area contributed by atoms with E-state index in [9.17, 15) is 22.8 Å². The Morgan fingerprint density at radius 1 is 0.972 bits per heavy atom. The van der Waals surface area contributed by atoms with Gasteiger partial charge in [-0.15, -0.1) is 0 Å². The van der Waals surface area contributed by atoms with Crippen LogP contribution in [-0.4, -0.2) is 16.8 Å². The van der Waals surface area contributed by atoms with Gasteiger partial charge in [-0.25, -0.2) is 4.79 Å². The first-order valence-corrected chi connectivity index (χ1v) is 11.8. The molecule has 188 valence electrons. The minimum atomic E-state index is -4.63. The number of benzene rings is 2. The van der Waals surface area contributed by atoms with E-state index in [-0.39, 0.29) is 11.6 Å². The molecule has 1 fully saturated rings. The molecule has 2 amide bonds. The average molecular weight is 518 g/mol. The molecule has 0 bridgehead atoms. The van der Waals surface area contributed by atoms with Gasteiger partial charge in [0.05, 0.1) is 10.6 Å². The van der Waals surface area contributed by atoms with E-state index in [0.717, 1.165) is 37.1 Å². The Morgan fingerprint density at radius 3 is 2.36 bits per heavy atom. The summed E-state index contributed by atoms with van der Waals surface area (Å²) < 4.78 is 44.9. The van der Waals surface area contributed by atoms with Gasteiger partial charge in [-0.05, 0) is 74.2 Å². The number of halogens is 4. The second kappa shape index (κ2) is 11.0. The third-order valence-electron chi connectivity index (χ3n) is 5.55. The number of hydrogen-bond acceptors (Lipinski definition) is 4. The van der Waals surface area contributed by atoms with Gasteiger partial charge in [-0.1, -0.05) is 11.6 Å². The minimum absolute atomic E-state index is 0.0467. The molecule has 10 heteroatoms.